The number of carbonyl (C=O) groups excluding carboxylic acids is 2. The van der Waals surface area contributed by atoms with Crippen LogP contribution in [0.15, 0.2) is 36.4 Å². The number of rotatable bonds is 2. The van der Waals surface area contributed by atoms with Crippen molar-refractivity contribution in [3.05, 3.63) is 58.1 Å². The Bertz CT molecular complexity index is 1860. The highest BCUT2D eigenvalue weighted by Gasteiger charge is 2.45. The first kappa shape index (κ1) is 38.1. The Balaban J connectivity index is 1.12. The molecule has 8 rings (SSSR count). The summed E-state index contributed by atoms with van der Waals surface area (Å²) in [5.74, 6) is 2.59. The topological polar surface area (TPSA) is 99.3 Å². The monoisotopic (exact) mass is 778 g/mol. The molecule has 11 heteroatoms. The van der Waals surface area contributed by atoms with E-state index in [0.717, 1.165) is 101 Å². The Morgan fingerprint density at radius 3 is 2.65 bits per heavy atom. The molecule has 2 bridgehead atoms. The average molecular weight is 779 g/mol. The molecular weight excluding hydrogens is 720 g/mol. The number of amides is 2. The van der Waals surface area contributed by atoms with E-state index in [9.17, 15) is 18.0 Å². The van der Waals surface area contributed by atoms with Crippen LogP contribution in [0.2, 0.25) is 5.02 Å². The largest absolute Gasteiger partial charge is 0.490 e. The second kappa shape index (κ2) is 15.3. The van der Waals surface area contributed by atoms with Crippen molar-refractivity contribution in [2.75, 3.05) is 50.8 Å². The third kappa shape index (κ3) is 7.52. The maximum Gasteiger partial charge on any atom is 0.264 e. The van der Waals surface area contributed by atoms with Crippen LogP contribution >= 0.6 is 11.6 Å². The normalized spacial score (nSPS) is 34.3. The van der Waals surface area contributed by atoms with Gasteiger partial charge in [0.2, 0.25) is 15.9 Å². The van der Waals surface area contributed by atoms with Crippen LogP contribution in [0.25, 0.3) is 0 Å². The Morgan fingerprint density at radius 2 is 1.85 bits per heavy atom. The fraction of sp³-hybridized carbons (Fsp3) is 0.674. The molecular formula is C43H59ClN4O5S. The summed E-state index contributed by atoms with van der Waals surface area (Å²) in [7, 11) is -3.89. The van der Waals surface area contributed by atoms with Gasteiger partial charge in [0, 0.05) is 61.7 Å². The minimum Gasteiger partial charge on any atom is -0.490 e. The molecule has 0 radical (unpaired) electrons. The maximum absolute atomic E-state index is 13.7. The molecule has 2 aromatic carbocycles. The lowest BCUT2D eigenvalue weighted by atomic mass is 9.62. The van der Waals surface area contributed by atoms with Gasteiger partial charge in [-0.2, -0.15) is 0 Å². The number of aryl methyl sites for hydroxylation is 1. The van der Waals surface area contributed by atoms with Gasteiger partial charge in [0.15, 0.2) is 0 Å². The lowest BCUT2D eigenvalue weighted by Crippen LogP contribution is -2.57. The van der Waals surface area contributed by atoms with Gasteiger partial charge in [-0.05, 0) is 142 Å². The molecule has 4 heterocycles. The van der Waals surface area contributed by atoms with Gasteiger partial charge in [0.05, 0.1) is 17.5 Å². The number of benzene rings is 2. The number of fused-ring (bicyclic) bond motifs is 5. The molecule has 1 N–H and O–H groups in total. The number of ether oxygens (including phenoxy) is 1. The second-order valence-corrected chi connectivity index (χ2v) is 20.4. The van der Waals surface area contributed by atoms with Crippen molar-refractivity contribution in [3.63, 3.8) is 0 Å². The number of sulfonamides is 1. The number of carbonyl (C=O) groups is 2. The summed E-state index contributed by atoms with van der Waals surface area (Å²) < 4.78 is 36.4. The Morgan fingerprint density at radius 1 is 1.00 bits per heavy atom. The third-order valence-corrected chi connectivity index (χ3v) is 16.9. The van der Waals surface area contributed by atoms with Gasteiger partial charge in [-0.15, -0.1) is 0 Å². The molecule has 2 amide bonds. The molecule has 2 aromatic rings. The molecule has 1 saturated carbocycles. The van der Waals surface area contributed by atoms with E-state index in [1.54, 1.807) is 19.9 Å². The molecule has 2 saturated heterocycles. The Hall–Kier alpha value is -2.82. The number of halogens is 1. The highest BCUT2D eigenvalue weighted by atomic mass is 35.5. The molecule has 0 aromatic heterocycles. The van der Waals surface area contributed by atoms with Gasteiger partial charge in [-0.3, -0.25) is 14.5 Å². The number of hydrogen-bond acceptors (Lipinski definition) is 7. The zero-order valence-electron chi connectivity index (χ0n) is 32.4. The highest BCUT2D eigenvalue weighted by Crippen LogP contribution is 2.49. The van der Waals surface area contributed by atoms with E-state index in [1.165, 1.54) is 36.8 Å². The summed E-state index contributed by atoms with van der Waals surface area (Å²) in [6, 6.07) is 12.2. The fourth-order valence-corrected chi connectivity index (χ4v) is 12.7. The van der Waals surface area contributed by atoms with Crippen LogP contribution in [-0.4, -0.2) is 87.2 Å². The van der Waals surface area contributed by atoms with E-state index in [2.05, 4.69) is 26.7 Å². The number of hydrogen-bond donors (Lipinski definition) is 1. The van der Waals surface area contributed by atoms with E-state index >= 15 is 0 Å². The third-order valence-electron chi connectivity index (χ3n) is 14.7. The van der Waals surface area contributed by atoms with Crippen molar-refractivity contribution in [2.45, 2.75) is 108 Å². The highest BCUT2D eigenvalue weighted by molar-refractivity contribution is 7.90. The van der Waals surface area contributed by atoms with Crippen LogP contribution in [0.5, 0.6) is 5.75 Å². The molecule has 9 nitrogen and oxygen atoms in total. The molecule has 1 spiro atoms. The standard InChI is InChI=1S/C43H59ClN4O5S/c1-28-6-4-7-32(20-31-15-17-46-18-19-47(30(3)49)25-37(46)21-31)38-12-9-35(38)24-48-26-43(16-5-8-33-22-36(44)11-13-39(33)43)27-53-41-14-10-34(23-40(41)48)42(50)45-54(51,52)29(28)2/h10-11,13-14,22-23,28-29,31-32,35,37-38H,4-9,12,15-21,24-27H2,1-3H3,(H,45,50)/t28-,29+,31?,32+,35-,37+,38-,43-/m0/s1. The number of piperidine rings is 1. The summed E-state index contributed by atoms with van der Waals surface area (Å²) in [4.78, 5) is 33.1. The first-order chi connectivity index (χ1) is 25.9. The van der Waals surface area contributed by atoms with Gasteiger partial charge < -0.3 is 14.5 Å². The number of anilines is 1. The minimum absolute atomic E-state index is 0.0792. The molecule has 1 unspecified atom stereocenters. The summed E-state index contributed by atoms with van der Waals surface area (Å²) in [6.45, 7) is 11.4. The predicted molar refractivity (Wildman–Crippen MR) is 214 cm³/mol. The van der Waals surface area contributed by atoms with Crippen LogP contribution in [0.3, 0.4) is 0 Å². The smallest absolute Gasteiger partial charge is 0.264 e. The van der Waals surface area contributed by atoms with Crippen molar-refractivity contribution in [2.24, 2.45) is 29.6 Å². The number of nitrogens with zero attached hydrogens (tertiary/aromatic N) is 3. The van der Waals surface area contributed by atoms with Crippen LogP contribution in [-0.2, 0) is 26.7 Å². The first-order valence-corrected chi connectivity index (χ1v) is 22.7. The number of nitrogens with one attached hydrogen (secondary N) is 1. The lowest BCUT2D eigenvalue weighted by Gasteiger charge is -2.49. The summed E-state index contributed by atoms with van der Waals surface area (Å²) in [5.41, 5.74) is 3.60. The second-order valence-electron chi connectivity index (χ2n) is 17.9. The molecule has 6 aliphatic rings. The first-order valence-electron chi connectivity index (χ1n) is 20.8. The van der Waals surface area contributed by atoms with Gasteiger partial charge in [-0.25, -0.2) is 13.1 Å². The molecule has 3 fully saturated rings. The average Bonchev–Trinajstić information content (AvgIpc) is 3.28. The van der Waals surface area contributed by atoms with Crippen molar-refractivity contribution >= 4 is 39.1 Å². The van der Waals surface area contributed by atoms with Gasteiger partial charge in [0.25, 0.3) is 5.91 Å². The van der Waals surface area contributed by atoms with Crippen LogP contribution in [0.1, 0.15) is 106 Å². The van der Waals surface area contributed by atoms with Gasteiger partial charge in [-0.1, -0.05) is 37.4 Å². The maximum atomic E-state index is 13.7. The van der Waals surface area contributed by atoms with Crippen molar-refractivity contribution in [1.82, 2.24) is 14.5 Å². The van der Waals surface area contributed by atoms with Crippen LogP contribution < -0.4 is 14.4 Å². The van der Waals surface area contributed by atoms with E-state index < -0.39 is 21.2 Å². The lowest BCUT2D eigenvalue weighted by molar-refractivity contribution is -0.132. The minimum atomic E-state index is -3.89. The van der Waals surface area contributed by atoms with Crippen molar-refractivity contribution < 1.29 is 22.7 Å². The van der Waals surface area contributed by atoms with E-state index in [1.807, 2.05) is 30.0 Å². The van der Waals surface area contributed by atoms with Crippen molar-refractivity contribution in [3.8, 4) is 5.75 Å². The van der Waals surface area contributed by atoms with Gasteiger partial charge in [0.1, 0.15) is 5.75 Å². The predicted octanol–water partition coefficient (Wildman–Crippen LogP) is 7.06. The molecule has 54 heavy (non-hydrogen) atoms. The van der Waals surface area contributed by atoms with Crippen LogP contribution in [0, 0.1) is 29.6 Å². The van der Waals surface area contributed by atoms with Gasteiger partial charge >= 0.3 is 0 Å². The fourth-order valence-electron chi connectivity index (χ4n) is 11.2. The van der Waals surface area contributed by atoms with E-state index in [4.69, 9.17) is 16.3 Å². The molecule has 8 atom stereocenters. The van der Waals surface area contributed by atoms with Crippen LogP contribution in [0.4, 0.5) is 5.69 Å². The quantitative estimate of drug-likeness (QED) is 0.349. The molecule has 294 valence electrons. The summed E-state index contributed by atoms with van der Waals surface area (Å²) >= 11 is 6.51. The SMILES string of the molecule is CC(=O)N1CCN2CCC(C[C@H]3CCC[C@H](C)[C@@H](C)S(=O)(=O)NC(=O)c4ccc5c(c4)N(C[C@@H]4CC[C@@H]34)C[C@@]3(CCCc4cc(Cl)ccc43)CO5)C[C@@H]2C1. The van der Waals surface area contributed by atoms with E-state index in [0.29, 0.717) is 41.9 Å². The van der Waals surface area contributed by atoms with Crippen molar-refractivity contribution in [1.29, 1.82) is 0 Å². The Kier molecular flexibility index (Phi) is 10.8. The van der Waals surface area contributed by atoms with E-state index in [-0.39, 0.29) is 17.2 Å². The zero-order valence-corrected chi connectivity index (χ0v) is 34.0. The molecule has 2 aliphatic carbocycles. The Labute approximate surface area is 327 Å². The molecule has 4 aliphatic heterocycles. The number of piperazine rings is 1. The summed E-state index contributed by atoms with van der Waals surface area (Å²) in [5, 5.41) is 0.0705. The zero-order chi connectivity index (χ0) is 37.8. The summed E-state index contributed by atoms with van der Waals surface area (Å²) in [6.07, 6.45) is 11.9.